The third-order valence-electron chi connectivity index (χ3n) is 4.70. The zero-order chi connectivity index (χ0) is 20.7. The van der Waals surface area contributed by atoms with Crippen LogP contribution in [0.5, 0.6) is 5.75 Å². The Kier molecular flexibility index (Phi) is 5.04. The van der Waals surface area contributed by atoms with E-state index >= 15 is 0 Å². The van der Waals surface area contributed by atoms with Crippen molar-refractivity contribution in [1.29, 1.82) is 0 Å². The zero-order valence-corrected chi connectivity index (χ0v) is 17.5. The summed E-state index contributed by atoms with van der Waals surface area (Å²) >= 11 is 0. The number of anilines is 1. The van der Waals surface area contributed by atoms with Gasteiger partial charge in [0.1, 0.15) is 28.7 Å². The number of hydrogen-bond donors (Lipinski definition) is 1. The van der Waals surface area contributed by atoms with Crippen LogP contribution in [0.3, 0.4) is 0 Å². The lowest BCUT2D eigenvalue weighted by Gasteiger charge is -2.16. The van der Waals surface area contributed by atoms with Crippen molar-refractivity contribution in [1.82, 2.24) is 9.61 Å². The lowest BCUT2D eigenvalue weighted by atomic mass is 9.98. The number of rotatable bonds is 4. The third kappa shape index (κ3) is 3.18. The van der Waals surface area contributed by atoms with Gasteiger partial charge < -0.3 is 9.15 Å². The van der Waals surface area contributed by atoms with E-state index in [1.165, 1.54) is 5.01 Å². The summed E-state index contributed by atoms with van der Waals surface area (Å²) in [6.45, 7) is 15.4. The van der Waals surface area contributed by atoms with Gasteiger partial charge in [0.2, 0.25) is 5.71 Å². The van der Waals surface area contributed by atoms with Gasteiger partial charge in [0.05, 0.1) is 12.8 Å². The average Bonchev–Trinajstić information content (AvgIpc) is 3.07. The van der Waals surface area contributed by atoms with Crippen molar-refractivity contribution in [3.05, 3.63) is 47.0 Å². The van der Waals surface area contributed by atoms with Crippen LogP contribution in [0.2, 0.25) is 0 Å². The topological polar surface area (TPSA) is 81.3 Å². The van der Waals surface area contributed by atoms with Gasteiger partial charge in [0.25, 0.3) is 0 Å². The highest BCUT2D eigenvalue weighted by Crippen LogP contribution is 2.37. The number of aryl methyl sites for hydroxylation is 4. The summed E-state index contributed by atoms with van der Waals surface area (Å²) in [6.07, 6.45) is 0. The number of benzene rings is 1. The number of nitrogens with zero attached hydrogens (tertiary/aromatic N) is 4. The summed E-state index contributed by atoms with van der Waals surface area (Å²) in [6, 6.07) is 4.02. The normalized spacial score (nSPS) is 11.9. The summed E-state index contributed by atoms with van der Waals surface area (Å²) in [4.78, 5) is 4.35. The van der Waals surface area contributed by atoms with Crippen LogP contribution in [0.1, 0.15) is 36.4 Å². The molecule has 0 atom stereocenters. The molecule has 148 valence electrons. The van der Waals surface area contributed by atoms with E-state index in [4.69, 9.17) is 20.1 Å². The second-order valence-corrected chi connectivity index (χ2v) is 7.06. The molecule has 3 aromatic rings. The molecule has 0 aliphatic rings. The van der Waals surface area contributed by atoms with Crippen molar-refractivity contribution in [2.24, 2.45) is 10.8 Å². The summed E-state index contributed by atoms with van der Waals surface area (Å²) < 4.78 is 13.3. The molecule has 2 N–H and O–H groups in total. The minimum Gasteiger partial charge on any atom is -0.497 e. The summed E-state index contributed by atoms with van der Waals surface area (Å²) in [5.74, 6) is 8.53. The van der Waals surface area contributed by atoms with Gasteiger partial charge in [-0.05, 0) is 64.8 Å². The molecule has 0 amide bonds. The van der Waals surface area contributed by atoms with E-state index in [9.17, 15) is 0 Å². The van der Waals surface area contributed by atoms with Crippen LogP contribution < -0.4 is 15.6 Å². The van der Waals surface area contributed by atoms with Gasteiger partial charge in [0.15, 0.2) is 0 Å². The summed E-state index contributed by atoms with van der Waals surface area (Å²) in [7, 11) is 1.67. The highest BCUT2D eigenvalue weighted by atomic mass is 16.5. The van der Waals surface area contributed by atoms with Gasteiger partial charge in [-0.15, -0.1) is 0 Å². The maximum absolute atomic E-state index is 6.33. The Morgan fingerprint density at radius 3 is 2.36 bits per heavy atom. The molecule has 0 aliphatic carbocycles. The lowest BCUT2D eigenvalue weighted by Crippen LogP contribution is -2.36. The fourth-order valence-corrected chi connectivity index (χ4v) is 3.55. The molecule has 2 heterocycles. The predicted molar refractivity (Wildman–Crippen MR) is 113 cm³/mol. The summed E-state index contributed by atoms with van der Waals surface area (Å²) in [5.41, 5.74) is 6.84. The molecule has 7 nitrogen and oxygen atoms in total. The number of methoxy groups -OCH3 is 1. The maximum Gasteiger partial charge on any atom is 0.248 e. The van der Waals surface area contributed by atoms with E-state index in [0.717, 1.165) is 39.6 Å². The van der Waals surface area contributed by atoms with Crippen molar-refractivity contribution < 1.29 is 9.15 Å². The Labute approximate surface area is 165 Å². The number of ether oxygens (including phenoxy) is 1. The van der Waals surface area contributed by atoms with Crippen LogP contribution >= 0.6 is 0 Å². The Hall–Kier alpha value is -3.06. The molecule has 1 aromatic carbocycles. The van der Waals surface area contributed by atoms with E-state index < -0.39 is 0 Å². The molecule has 0 radical (unpaired) electrons. The molecule has 0 aliphatic heterocycles. The molecule has 0 spiro atoms. The largest absolute Gasteiger partial charge is 0.497 e. The second-order valence-electron chi connectivity index (χ2n) is 7.06. The molecule has 0 bridgehead atoms. The molecule has 28 heavy (non-hydrogen) atoms. The third-order valence-corrected chi connectivity index (χ3v) is 4.70. The van der Waals surface area contributed by atoms with Gasteiger partial charge in [-0.2, -0.15) is 9.61 Å². The van der Waals surface area contributed by atoms with Gasteiger partial charge in [-0.25, -0.2) is 10.8 Å². The maximum atomic E-state index is 6.33. The Morgan fingerprint density at radius 1 is 1.21 bits per heavy atom. The van der Waals surface area contributed by atoms with E-state index in [0.29, 0.717) is 22.9 Å². The fourth-order valence-electron chi connectivity index (χ4n) is 3.55. The van der Waals surface area contributed by atoms with Crippen LogP contribution in [0.15, 0.2) is 33.8 Å². The summed E-state index contributed by atoms with van der Waals surface area (Å²) in [5, 5.41) is 6.20. The van der Waals surface area contributed by atoms with E-state index in [1.54, 1.807) is 7.11 Å². The lowest BCUT2D eigenvalue weighted by molar-refractivity contribution is 0.414. The average molecular weight is 381 g/mol. The standard InChI is InChI=1S/C21H27N5O2/c1-11(2)23-16(7)25(22)19-14(5)24-26-20(15(6)28-21(19)26)18-12(3)9-17(27-8)10-13(18)4/h9-10H,1,22H2,2-8H3/b23-16-. The van der Waals surface area contributed by atoms with Gasteiger partial charge in [0, 0.05) is 11.3 Å². The molecule has 7 heteroatoms. The molecular formula is C21H27N5O2. The van der Waals surface area contributed by atoms with Crippen molar-refractivity contribution in [3.63, 3.8) is 0 Å². The number of oxazole rings is 1. The highest BCUT2D eigenvalue weighted by Gasteiger charge is 2.25. The number of fused-ring (bicyclic) bond motifs is 1. The number of hydrazine groups is 1. The first-order valence-corrected chi connectivity index (χ1v) is 9.05. The first-order chi connectivity index (χ1) is 13.1. The minimum atomic E-state index is 0.582. The molecule has 0 unspecified atom stereocenters. The van der Waals surface area contributed by atoms with Crippen LogP contribution in [-0.2, 0) is 0 Å². The van der Waals surface area contributed by atoms with Gasteiger partial charge in [-0.1, -0.05) is 6.58 Å². The number of aliphatic imine (C=N–C) groups is 1. The molecule has 0 saturated heterocycles. The SMILES string of the molecule is C=C(C)/N=C(/C)N(N)c1c(C)nn2c(-c3c(C)cc(OC)cc3C)c(C)oc12. The van der Waals surface area contributed by atoms with Crippen molar-refractivity contribution in [2.75, 3.05) is 12.1 Å². The van der Waals surface area contributed by atoms with E-state index in [1.807, 2.05) is 44.3 Å². The van der Waals surface area contributed by atoms with E-state index in [2.05, 4.69) is 25.4 Å². The monoisotopic (exact) mass is 381 g/mol. The van der Waals surface area contributed by atoms with Gasteiger partial charge in [-0.3, -0.25) is 5.01 Å². The minimum absolute atomic E-state index is 0.582. The number of amidine groups is 1. The fraction of sp³-hybridized carbons (Fsp3) is 0.333. The van der Waals surface area contributed by atoms with E-state index in [-0.39, 0.29) is 0 Å². The first kappa shape index (κ1) is 19.7. The Bertz CT molecular complexity index is 1080. The van der Waals surface area contributed by atoms with Gasteiger partial charge >= 0.3 is 0 Å². The van der Waals surface area contributed by atoms with Crippen LogP contribution in [0.4, 0.5) is 5.69 Å². The zero-order valence-electron chi connectivity index (χ0n) is 17.5. The smallest absolute Gasteiger partial charge is 0.248 e. The van der Waals surface area contributed by atoms with Crippen LogP contribution in [-0.4, -0.2) is 22.6 Å². The number of allylic oxidation sites excluding steroid dienone is 1. The quantitative estimate of drug-likeness (QED) is 0.312. The van der Waals surface area contributed by atoms with Crippen molar-refractivity contribution in [2.45, 2.75) is 41.5 Å². The second kappa shape index (κ2) is 7.16. The van der Waals surface area contributed by atoms with Crippen molar-refractivity contribution >= 4 is 17.2 Å². The first-order valence-electron chi connectivity index (χ1n) is 9.05. The molecular weight excluding hydrogens is 354 g/mol. The number of nitrogens with two attached hydrogens (primary N) is 1. The Morgan fingerprint density at radius 2 is 1.82 bits per heavy atom. The molecule has 3 rings (SSSR count). The molecule has 0 fully saturated rings. The highest BCUT2D eigenvalue weighted by molar-refractivity contribution is 5.99. The predicted octanol–water partition coefficient (Wildman–Crippen LogP) is 4.47. The van der Waals surface area contributed by atoms with Crippen molar-refractivity contribution in [3.8, 4) is 17.0 Å². The number of aromatic nitrogens is 2. The molecule has 0 saturated carbocycles. The van der Waals surface area contributed by atoms with Crippen LogP contribution in [0, 0.1) is 27.7 Å². The number of hydrogen-bond acceptors (Lipinski definition) is 5. The van der Waals surface area contributed by atoms with Crippen LogP contribution in [0.25, 0.3) is 17.0 Å². The molecule has 2 aromatic heterocycles. The Balaban J connectivity index is 2.24.